The number of nitrogens with two attached hydrogens (primary N) is 2. The van der Waals surface area contributed by atoms with Crippen LogP contribution >= 0.6 is 0 Å². The third-order valence-corrected chi connectivity index (χ3v) is 4.78. The number of hydrazone groups is 1. The molecule has 0 amide bonds. The standard InChI is InChI=1S/C23H18F5N5O/c24-17-3-1-2-15(10-17)4-5-16-6-9-21(31-12-16)23(27,28)22(34,13-33(30)14-32-29)19-8-7-18(25)11-20(19)26/h1-3,6-12,14,34H,13,29-30H2/b32-14-. The van der Waals surface area contributed by atoms with Gasteiger partial charge in [0.25, 0.3) is 0 Å². The largest absolute Gasteiger partial charge is 0.377 e. The van der Waals surface area contributed by atoms with Gasteiger partial charge in [0, 0.05) is 29.0 Å². The van der Waals surface area contributed by atoms with Crippen LogP contribution in [0, 0.1) is 29.3 Å². The highest BCUT2D eigenvalue weighted by atomic mass is 19.3. The van der Waals surface area contributed by atoms with Gasteiger partial charge in [-0.15, -0.1) is 0 Å². The molecule has 0 radical (unpaired) electrons. The second kappa shape index (κ2) is 9.86. The molecule has 0 aliphatic carbocycles. The molecule has 176 valence electrons. The Morgan fingerprint density at radius 3 is 2.32 bits per heavy atom. The first-order valence-electron chi connectivity index (χ1n) is 9.61. The van der Waals surface area contributed by atoms with E-state index in [1.165, 1.54) is 24.3 Å². The van der Waals surface area contributed by atoms with Gasteiger partial charge in [0.1, 0.15) is 29.5 Å². The summed E-state index contributed by atoms with van der Waals surface area (Å²) >= 11 is 0. The molecule has 5 N–H and O–H groups in total. The zero-order valence-corrected chi connectivity index (χ0v) is 17.4. The van der Waals surface area contributed by atoms with Gasteiger partial charge in [0.15, 0.2) is 5.60 Å². The molecule has 11 heteroatoms. The molecular weight excluding hydrogens is 457 g/mol. The molecule has 2 aromatic carbocycles. The summed E-state index contributed by atoms with van der Waals surface area (Å²) in [5.41, 5.74) is -4.58. The molecular formula is C23H18F5N5O. The minimum absolute atomic E-state index is 0.219. The van der Waals surface area contributed by atoms with Crippen molar-refractivity contribution < 1.29 is 27.1 Å². The van der Waals surface area contributed by atoms with Gasteiger partial charge in [-0.1, -0.05) is 17.9 Å². The fourth-order valence-electron chi connectivity index (χ4n) is 3.15. The van der Waals surface area contributed by atoms with Gasteiger partial charge in [-0.05, 0) is 42.5 Å². The number of benzene rings is 2. The van der Waals surface area contributed by atoms with Crippen molar-refractivity contribution in [1.82, 2.24) is 9.99 Å². The van der Waals surface area contributed by atoms with Crippen molar-refractivity contribution in [1.29, 1.82) is 0 Å². The molecule has 1 atom stereocenters. The van der Waals surface area contributed by atoms with E-state index < -0.39 is 46.8 Å². The first kappa shape index (κ1) is 24.6. The van der Waals surface area contributed by atoms with Crippen LogP contribution < -0.4 is 11.7 Å². The van der Waals surface area contributed by atoms with E-state index in [0.717, 1.165) is 24.7 Å². The van der Waals surface area contributed by atoms with Crippen molar-refractivity contribution in [2.45, 2.75) is 11.5 Å². The van der Waals surface area contributed by atoms with E-state index in [1.54, 1.807) is 6.07 Å². The minimum atomic E-state index is -4.22. The lowest BCUT2D eigenvalue weighted by Gasteiger charge is -2.37. The fraction of sp³-hybridized carbons (Fsp3) is 0.130. The Bertz CT molecular complexity index is 1260. The maximum Gasteiger partial charge on any atom is 0.323 e. The summed E-state index contributed by atoms with van der Waals surface area (Å²) in [6, 6.07) is 9.32. The maximum absolute atomic E-state index is 15.6. The number of hydrazine groups is 1. The van der Waals surface area contributed by atoms with Gasteiger partial charge in [-0.2, -0.15) is 13.9 Å². The zero-order valence-electron chi connectivity index (χ0n) is 17.4. The maximum atomic E-state index is 15.6. The van der Waals surface area contributed by atoms with Gasteiger partial charge >= 0.3 is 5.92 Å². The van der Waals surface area contributed by atoms with Gasteiger partial charge in [-0.25, -0.2) is 19.0 Å². The average molecular weight is 475 g/mol. The molecule has 0 fully saturated rings. The Kier molecular flexibility index (Phi) is 7.14. The van der Waals surface area contributed by atoms with Crippen molar-refractivity contribution >= 4 is 6.34 Å². The number of nitrogens with zero attached hydrogens (tertiary/aromatic N) is 3. The molecule has 3 rings (SSSR count). The van der Waals surface area contributed by atoms with Crippen molar-refractivity contribution in [3.05, 3.63) is 101 Å². The summed E-state index contributed by atoms with van der Waals surface area (Å²) in [5.74, 6) is 8.67. The number of alkyl halides is 2. The normalized spacial score (nSPS) is 13.3. The highest BCUT2D eigenvalue weighted by Gasteiger charge is 2.58. The van der Waals surface area contributed by atoms with Crippen molar-refractivity contribution in [3.8, 4) is 11.8 Å². The lowest BCUT2D eigenvalue weighted by Crippen LogP contribution is -2.53. The van der Waals surface area contributed by atoms with Crippen LogP contribution in [0.3, 0.4) is 0 Å². The Morgan fingerprint density at radius 1 is 1.00 bits per heavy atom. The average Bonchev–Trinajstić information content (AvgIpc) is 2.78. The molecule has 1 unspecified atom stereocenters. The summed E-state index contributed by atoms with van der Waals surface area (Å²) < 4.78 is 72.3. The van der Waals surface area contributed by atoms with E-state index in [9.17, 15) is 18.3 Å². The first-order chi connectivity index (χ1) is 16.1. The predicted octanol–water partition coefficient (Wildman–Crippen LogP) is 2.96. The molecule has 0 saturated heterocycles. The number of hydrogen-bond acceptors (Lipinski definition) is 5. The second-order valence-electron chi connectivity index (χ2n) is 7.19. The van der Waals surface area contributed by atoms with Crippen LogP contribution in [-0.4, -0.2) is 28.0 Å². The molecule has 0 spiro atoms. The Hall–Kier alpha value is -4.01. The SMILES string of the molecule is N/N=C\N(N)CC(O)(c1ccc(F)cc1F)C(F)(F)c1ccc(C#Cc2cccc(F)c2)cn1. The van der Waals surface area contributed by atoms with Crippen LogP contribution in [0.5, 0.6) is 0 Å². The number of pyridine rings is 1. The zero-order chi connectivity index (χ0) is 24.9. The van der Waals surface area contributed by atoms with Crippen LogP contribution in [0.1, 0.15) is 22.4 Å². The van der Waals surface area contributed by atoms with Crippen molar-refractivity contribution in [2.75, 3.05) is 6.54 Å². The van der Waals surface area contributed by atoms with Gasteiger partial charge in [0.2, 0.25) is 0 Å². The third-order valence-electron chi connectivity index (χ3n) is 4.78. The summed E-state index contributed by atoms with van der Waals surface area (Å²) in [6.07, 6.45) is 1.75. The second-order valence-corrected chi connectivity index (χ2v) is 7.19. The number of aromatic nitrogens is 1. The quantitative estimate of drug-likeness (QED) is 0.127. The molecule has 1 heterocycles. The van der Waals surface area contributed by atoms with Crippen molar-refractivity contribution in [3.63, 3.8) is 0 Å². The topological polar surface area (TPSA) is 101 Å². The highest BCUT2D eigenvalue weighted by molar-refractivity contribution is 5.54. The van der Waals surface area contributed by atoms with E-state index in [1.807, 2.05) is 0 Å². The minimum Gasteiger partial charge on any atom is -0.377 e. The summed E-state index contributed by atoms with van der Waals surface area (Å²) in [7, 11) is 0. The van der Waals surface area contributed by atoms with E-state index in [2.05, 4.69) is 21.9 Å². The summed E-state index contributed by atoms with van der Waals surface area (Å²) in [5, 5.41) is 14.6. The number of rotatable bonds is 6. The molecule has 0 aliphatic rings. The summed E-state index contributed by atoms with van der Waals surface area (Å²) in [4.78, 5) is 3.67. The number of aliphatic hydroxyl groups is 1. The van der Waals surface area contributed by atoms with Crippen LogP contribution in [-0.2, 0) is 11.5 Å². The molecule has 0 aliphatic heterocycles. The monoisotopic (exact) mass is 475 g/mol. The Balaban J connectivity index is 2.00. The van der Waals surface area contributed by atoms with E-state index in [0.29, 0.717) is 22.7 Å². The lowest BCUT2D eigenvalue weighted by molar-refractivity contribution is -0.203. The molecule has 0 saturated carbocycles. The van der Waals surface area contributed by atoms with Gasteiger partial charge in [-0.3, -0.25) is 9.99 Å². The first-order valence-corrected chi connectivity index (χ1v) is 9.61. The molecule has 6 nitrogen and oxygen atoms in total. The van der Waals surface area contributed by atoms with Crippen LogP contribution in [0.25, 0.3) is 0 Å². The van der Waals surface area contributed by atoms with E-state index >= 15 is 8.78 Å². The van der Waals surface area contributed by atoms with Crippen LogP contribution in [0.2, 0.25) is 0 Å². The molecule has 0 bridgehead atoms. The molecule has 3 aromatic rings. The van der Waals surface area contributed by atoms with Gasteiger partial charge in [0.05, 0.1) is 6.54 Å². The lowest BCUT2D eigenvalue weighted by atomic mass is 9.84. The highest BCUT2D eigenvalue weighted by Crippen LogP contribution is 2.45. The van der Waals surface area contributed by atoms with E-state index in [-0.39, 0.29) is 5.56 Å². The number of halogens is 5. The van der Waals surface area contributed by atoms with E-state index in [4.69, 9.17) is 11.7 Å². The van der Waals surface area contributed by atoms with Crippen LogP contribution in [0.4, 0.5) is 22.0 Å². The summed E-state index contributed by atoms with van der Waals surface area (Å²) in [6.45, 7) is -1.08. The van der Waals surface area contributed by atoms with Gasteiger partial charge < -0.3 is 10.9 Å². The van der Waals surface area contributed by atoms with Crippen LogP contribution in [0.15, 0.2) is 65.9 Å². The predicted molar refractivity (Wildman–Crippen MR) is 114 cm³/mol. The molecule has 1 aromatic heterocycles. The number of hydrogen-bond donors (Lipinski definition) is 3. The van der Waals surface area contributed by atoms with Crippen molar-refractivity contribution in [2.24, 2.45) is 16.8 Å². The fourth-order valence-corrected chi connectivity index (χ4v) is 3.15. The molecule has 34 heavy (non-hydrogen) atoms. The Labute approximate surface area is 191 Å². The smallest absolute Gasteiger partial charge is 0.323 e. The third kappa shape index (κ3) is 5.14. The Morgan fingerprint density at radius 2 is 1.71 bits per heavy atom.